The average Bonchev–Trinajstić information content (AvgIpc) is 2.89. The summed E-state index contributed by atoms with van der Waals surface area (Å²) in [5, 5.41) is 3.05. The zero-order valence-corrected chi connectivity index (χ0v) is 14.9. The SMILES string of the molecule is Cc1nc2cc(C(=O)NC3CCSc4ccc(F)cc43)ccc2n1C. The Labute approximate surface area is 149 Å². The monoisotopic (exact) mass is 355 g/mol. The van der Waals surface area contributed by atoms with E-state index in [2.05, 4.69) is 10.3 Å². The van der Waals surface area contributed by atoms with Crippen molar-refractivity contribution < 1.29 is 9.18 Å². The molecule has 1 unspecified atom stereocenters. The second kappa shape index (κ2) is 6.19. The van der Waals surface area contributed by atoms with E-state index in [4.69, 9.17) is 0 Å². The summed E-state index contributed by atoms with van der Waals surface area (Å²) in [6, 6.07) is 10.1. The molecule has 1 N–H and O–H groups in total. The second-order valence-corrected chi connectivity index (χ2v) is 7.40. The highest BCUT2D eigenvalue weighted by molar-refractivity contribution is 7.99. The third-order valence-corrected chi connectivity index (χ3v) is 5.81. The summed E-state index contributed by atoms with van der Waals surface area (Å²) in [4.78, 5) is 18.2. The molecule has 0 saturated heterocycles. The lowest BCUT2D eigenvalue weighted by atomic mass is 10.0. The summed E-state index contributed by atoms with van der Waals surface area (Å²) in [6.45, 7) is 1.94. The van der Waals surface area contributed by atoms with Gasteiger partial charge in [-0.05, 0) is 55.3 Å². The summed E-state index contributed by atoms with van der Waals surface area (Å²) in [5.41, 5.74) is 3.23. The summed E-state index contributed by atoms with van der Waals surface area (Å²) in [7, 11) is 1.95. The molecule has 0 radical (unpaired) electrons. The van der Waals surface area contributed by atoms with E-state index in [-0.39, 0.29) is 17.8 Å². The van der Waals surface area contributed by atoms with Gasteiger partial charge in [0.1, 0.15) is 11.6 Å². The van der Waals surface area contributed by atoms with Crippen molar-refractivity contribution in [3.05, 3.63) is 59.2 Å². The highest BCUT2D eigenvalue weighted by Crippen LogP contribution is 2.36. The van der Waals surface area contributed by atoms with Gasteiger partial charge < -0.3 is 9.88 Å². The molecule has 0 bridgehead atoms. The number of hydrogen-bond acceptors (Lipinski definition) is 3. The van der Waals surface area contributed by atoms with Crippen LogP contribution in [0.2, 0.25) is 0 Å². The minimum atomic E-state index is -0.272. The largest absolute Gasteiger partial charge is 0.345 e. The fourth-order valence-corrected chi connectivity index (χ4v) is 4.32. The van der Waals surface area contributed by atoms with Gasteiger partial charge in [0, 0.05) is 23.3 Å². The average molecular weight is 355 g/mol. The molecule has 6 heteroatoms. The van der Waals surface area contributed by atoms with Gasteiger partial charge in [-0.3, -0.25) is 4.79 Å². The molecule has 4 rings (SSSR count). The second-order valence-electron chi connectivity index (χ2n) is 6.27. The molecular weight excluding hydrogens is 337 g/mol. The maximum atomic E-state index is 13.6. The number of carbonyl (C=O) groups excluding carboxylic acids is 1. The molecule has 1 aliphatic heterocycles. The molecule has 0 saturated carbocycles. The summed E-state index contributed by atoms with van der Waals surface area (Å²) in [6.07, 6.45) is 0.789. The first-order valence-corrected chi connectivity index (χ1v) is 9.17. The molecule has 128 valence electrons. The van der Waals surface area contributed by atoms with Crippen LogP contribution in [0.25, 0.3) is 11.0 Å². The predicted molar refractivity (Wildman–Crippen MR) is 97.4 cm³/mol. The lowest BCUT2D eigenvalue weighted by Gasteiger charge is -2.26. The van der Waals surface area contributed by atoms with Gasteiger partial charge >= 0.3 is 0 Å². The van der Waals surface area contributed by atoms with E-state index in [0.717, 1.165) is 39.5 Å². The first-order chi connectivity index (χ1) is 12.0. The lowest BCUT2D eigenvalue weighted by molar-refractivity contribution is 0.0935. The third-order valence-electron chi connectivity index (χ3n) is 4.68. The molecule has 3 aromatic rings. The fourth-order valence-electron chi connectivity index (χ4n) is 3.22. The number of aryl methyl sites for hydroxylation is 2. The molecule has 0 aliphatic carbocycles. The van der Waals surface area contributed by atoms with Crippen molar-refractivity contribution in [1.82, 2.24) is 14.9 Å². The van der Waals surface area contributed by atoms with Gasteiger partial charge in [0.25, 0.3) is 5.91 Å². The van der Waals surface area contributed by atoms with Crippen LogP contribution in [0.1, 0.15) is 34.2 Å². The standard InChI is InChI=1S/C19H18FN3OS/c1-11-21-16-9-12(3-5-17(16)23(11)2)19(24)22-15-7-8-25-18-6-4-13(20)10-14(15)18/h3-6,9-10,15H,7-8H2,1-2H3,(H,22,24). The number of amides is 1. The lowest BCUT2D eigenvalue weighted by Crippen LogP contribution is -2.30. The van der Waals surface area contributed by atoms with Crippen LogP contribution in [-0.4, -0.2) is 21.2 Å². The number of carbonyl (C=O) groups is 1. The van der Waals surface area contributed by atoms with E-state index < -0.39 is 0 Å². The highest BCUT2D eigenvalue weighted by atomic mass is 32.2. The van der Waals surface area contributed by atoms with Gasteiger partial charge in [0.2, 0.25) is 0 Å². The number of nitrogens with zero attached hydrogens (tertiary/aromatic N) is 2. The minimum absolute atomic E-state index is 0.155. The summed E-state index contributed by atoms with van der Waals surface area (Å²) in [5.74, 6) is 1.38. The normalized spacial score (nSPS) is 16.7. The number of imidazole rings is 1. The molecule has 1 aliphatic rings. The van der Waals surface area contributed by atoms with E-state index in [1.54, 1.807) is 17.8 Å². The minimum Gasteiger partial charge on any atom is -0.345 e. The van der Waals surface area contributed by atoms with Crippen LogP contribution in [0, 0.1) is 12.7 Å². The Morgan fingerprint density at radius 1 is 1.32 bits per heavy atom. The van der Waals surface area contributed by atoms with Crippen molar-refractivity contribution in [3.8, 4) is 0 Å². The first kappa shape index (κ1) is 16.1. The molecule has 1 atom stereocenters. The molecule has 2 heterocycles. The molecule has 0 spiro atoms. The maximum absolute atomic E-state index is 13.6. The number of benzene rings is 2. The Hall–Kier alpha value is -2.34. The van der Waals surface area contributed by atoms with Gasteiger partial charge in [0.05, 0.1) is 17.1 Å². The zero-order chi connectivity index (χ0) is 17.6. The van der Waals surface area contributed by atoms with Crippen molar-refractivity contribution in [2.75, 3.05) is 5.75 Å². The fraction of sp³-hybridized carbons (Fsp3) is 0.263. The number of thioether (sulfide) groups is 1. The number of fused-ring (bicyclic) bond motifs is 2. The summed E-state index contributed by atoms with van der Waals surface area (Å²) < 4.78 is 15.6. The molecular formula is C19H18FN3OS. The Morgan fingerprint density at radius 3 is 3.00 bits per heavy atom. The van der Waals surface area contributed by atoms with Crippen LogP contribution in [0.4, 0.5) is 4.39 Å². The van der Waals surface area contributed by atoms with Crippen LogP contribution in [0.3, 0.4) is 0 Å². The predicted octanol–water partition coefficient (Wildman–Crippen LogP) is 3.99. The van der Waals surface area contributed by atoms with E-state index >= 15 is 0 Å². The number of nitrogens with one attached hydrogen (secondary N) is 1. The molecule has 1 amide bonds. The quantitative estimate of drug-likeness (QED) is 0.756. The van der Waals surface area contributed by atoms with Crippen molar-refractivity contribution >= 4 is 28.7 Å². The van der Waals surface area contributed by atoms with Crippen molar-refractivity contribution in [2.45, 2.75) is 24.3 Å². The van der Waals surface area contributed by atoms with Crippen LogP contribution in [0.15, 0.2) is 41.3 Å². The van der Waals surface area contributed by atoms with Crippen LogP contribution >= 0.6 is 11.8 Å². The first-order valence-electron chi connectivity index (χ1n) is 8.19. The van der Waals surface area contributed by atoms with Crippen molar-refractivity contribution in [3.63, 3.8) is 0 Å². The van der Waals surface area contributed by atoms with Crippen LogP contribution in [-0.2, 0) is 7.05 Å². The third kappa shape index (κ3) is 2.91. The Kier molecular flexibility index (Phi) is 4.00. The highest BCUT2D eigenvalue weighted by Gasteiger charge is 2.23. The number of hydrogen-bond donors (Lipinski definition) is 1. The van der Waals surface area contributed by atoms with Gasteiger partial charge in [0.15, 0.2) is 0 Å². The van der Waals surface area contributed by atoms with Gasteiger partial charge in [-0.2, -0.15) is 0 Å². The van der Waals surface area contributed by atoms with Crippen LogP contribution in [0.5, 0.6) is 0 Å². The Balaban J connectivity index is 1.62. The van der Waals surface area contributed by atoms with E-state index in [0.29, 0.717) is 5.56 Å². The Bertz CT molecular complexity index is 982. The number of rotatable bonds is 2. The van der Waals surface area contributed by atoms with E-state index in [9.17, 15) is 9.18 Å². The van der Waals surface area contributed by atoms with Crippen molar-refractivity contribution in [1.29, 1.82) is 0 Å². The number of halogens is 1. The molecule has 0 fully saturated rings. The van der Waals surface area contributed by atoms with Gasteiger partial charge in [-0.1, -0.05) is 0 Å². The topological polar surface area (TPSA) is 46.9 Å². The maximum Gasteiger partial charge on any atom is 0.251 e. The van der Waals surface area contributed by atoms with E-state index in [1.807, 2.05) is 36.7 Å². The molecule has 1 aromatic heterocycles. The molecule has 25 heavy (non-hydrogen) atoms. The zero-order valence-electron chi connectivity index (χ0n) is 14.0. The van der Waals surface area contributed by atoms with Gasteiger partial charge in [-0.25, -0.2) is 9.37 Å². The van der Waals surface area contributed by atoms with Gasteiger partial charge in [-0.15, -0.1) is 11.8 Å². The molecule has 4 nitrogen and oxygen atoms in total. The smallest absolute Gasteiger partial charge is 0.251 e. The van der Waals surface area contributed by atoms with E-state index in [1.165, 1.54) is 12.1 Å². The number of aromatic nitrogens is 2. The van der Waals surface area contributed by atoms with Crippen molar-refractivity contribution in [2.24, 2.45) is 7.05 Å². The summed E-state index contributed by atoms with van der Waals surface area (Å²) >= 11 is 1.70. The Morgan fingerprint density at radius 2 is 2.16 bits per heavy atom. The molecule has 2 aromatic carbocycles. The van der Waals surface area contributed by atoms with Crippen LogP contribution < -0.4 is 5.32 Å².